The fraction of sp³-hybridized carbons (Fsp3) is 0.316. The summed E-state index contributed by atoms with van der Waals surface area (Å²) in [7, 11) is 3.67. The van der Waals surface area contributed by atoms with Crippen LogP contribution in [0, 0.1) is 0 Å². The highest BCUT2D eigenvalue weighted by Crippen LogP contribution is 2.37. The topological polar surface area (TPSA) is 74.1 Å². The molecule has 6 heteroatoms. The molecule has 25 heavy (non-hydrogen) atoms. The second-order valence-corrected chi connectivity index (χ2v) is 6.75. The fourth-order valence-corrected chi connectivity index (χ4v) is 3.66. The van der Waals surface area contributed by atoms with Crippen LogP contribution in [0.2, 0.25) is 0 Å². The molecule has 0 fully saturated rings. The van der Waals surface area contributed by atoms with Crippen LogP contribution in [0.3, 0.4) is 0 Å². The van der Waals surface area contributed by atoms with E-state index in [1.807, 2.05) is 55.9 Å². The Labute approximate surface area is 146 Å². The lowest BCUT2D eigenvalue weighted by Gasteiger charge is -2.39. The molecule has 0 spiro atoms. The van der Waals surface area contributed by atoms with Gasteiger partial charge in [0.05, 0.1) is 19.7 Å². The van der Waals surface area contributed by atoms with E-state index in [2.05, 4.69) is 5.32 Å². The second kappa shape index (κ2) is 5.93. The third kappa shape index (κ3) is 2.54. The Morgan fingerprint density at radius 1 is 1.24 bits per heavy atom. The first-order valence-electron chi connectivity index (χ1n) is 8.31. The first-order valence-corrected chi connectivity index (χ1v) is 8.31. The molecule has 0 saturated carbocycles. The van der Waals surface area contributed by atoms with Crippen molar-refractivity contribution in [1.82, 2.24) is 5.32 Å². The quantitative estimate of drug-likeness (QED) is 0.723. The minimum atomic E-state index is -0.972. The van der Waals surface area contributed by atoms with Crippen molar-refractivity contribution in [1.29, 1.82) is 0 Å². The van der Waals surface area contributed by atoms with Crippen LogP contribution in [0.15, 0.2) is 70.8 Å². The van der Waals surface area contributed by atoms with Crippen LogP contribution in [0.4, 0.5) is 0 Å². The van der Waals surface area contributed by atoms with Gasteiger partial charge in [0, 0.05) is 18.8 Å². The predicted octanol–water partition coefficient (Wildman–Crippen LogP) is 1.18. The summed E-state index contributed by atoms with van der Waals surface area (Å²) < 4.78 is 5.62. The summed E-state index contributed by atoms with van der Waals surface area (Å²) in [5.41, 5.74) is 3.21. The minimum Gasteiger partial charge on any atom is -0.388 e. The number of rotatable bonds is 3. The van der Waals surface area contributed by atoms with Crippen molar-refractivity contribution in [3.05, 3.63) is 71.3 Å². The van der Waals surface area contributed by atoms with Gasteiger partial charge in [-0.05, 0) is 5.56 Å². The highest BCUT2D eigenvalue weighted by Gasteiger charge is 2.46. The fourth-order valence-electron chi connectivity index (χ4n) is 3.66. The molecule has 3 heterocycles. The zero-order valence-corrected chi connectivity index (χ0v) is 14.3. The lowest BCUT2D eigenvalue weighted by Crippen LogP contribution is -2.53. The van der Waals surface area contributed by atoms with Crippen LogP contribution in [-0.2, 0) is 4.74 Å². The summed E-state index contributed by atoms with van der Waals surface area (Å²) in [4.78, 5) is 4.70. The molecule has 4 atom stereocenters. The summed E-state index contributed by atoms with van der Waals surface area (Å²) in [5.74, 6) is 0.802. The number of nitrogens with zero attached hydrogens (tertiary/aromatic N) is 2. The van der Waals surface area contributed by atoms with Crippen LogP contribution >= 0.6 is 0 Å². The number of aliphatic hydroxyl groups excluding tert-OH is 2. The Morgan fingerprint density at radius 2 is 2.00 bits per heavy atom. The minimum absolute atomic E-state index is 0.399. The van der Waals surface area contributed by atoms with E-state index < -0.39 is 18.2 Å². The van der Waals surface area contributed by atoms with Crippen molar-refractivity contribution in [2.24, 2.45) is 4.99 Å². The van der Waals surface area contributed by atoms with E-state index in [0.29, 0.717) is 16.7 Å². The number of nitrogens with one attached hydrogen (secondary N) is 1. The number of benzene rings is 1. The van der Waals surface area contributed by atoms with E-state index in [1.54, 1.807) is 7.11 Å². The van der Waals surface area contributed by atoms with Crippen LogP contribution in [0.5, 0.6) is 0 Å². The zero-order chi connectivity index (χ0) is 17.6. The maximum atomic E-state index is 10.7. The number of hydrogen-bond acceptors (Lipinski definition) is 5. The molecule has 0 amide bonds. The number of methoxy groups -OCH3 is 1. The van der Waals surface area contributed by atoms with E-state index in [-0.39, 0.29) is 0 Å². The summed E-state index contributed by atoms with van der Waals surface area (Å²) >= 11 is 0. The highest BCUT2D eigenvalue weighted by atomic mass is 16.5. The molecule has 3 aliphatic heterocycles. The van der Waals surface area contributed by atoms with Gasteiger partial charge >= 0.3 is 0 Å². The van der Waals surface area contributed by atoms with Gasteiger partial charge < -0.3 is 20.3 Å². The van der Waals surface area contributed by atoms with Crippen LogP contribution < -0.4 is 5.32 Å². The van der Waals surface area contributed by atoms with Crippen molar-refractivity contribution in [2.75, 3.05) is 20.8 Å². The summed E-state index contributed by atoms with van der Waals surface area (Å²) in [6.45, 7) is 0.432. The van der Waals surface area contributed by atoms with Crippen molar-refractivity contribution < 1.29 is 19.4 Å². The number of quaternary nitrogens is 1. The molecule has 0 aromatic heterocycles. The van der Waals surface area contributed by atoms with Crippen LogP contribution in [0.1, 0.15) is 11.6 Å². The third-order valence-corrected chi connectivity index (χ3v) is 4.93. The molecule has 4 rings (SSSR count). The lowest BCUT2D eigenvalue weighted by atomic mass is 9.87. The van der Waals surface area contributed by atoms with E-state index in [0.717, 1.165) is 22.8 Å². The summed E-state index contributed by atoms with van der Waals surface area (Å²) in [5, 5.41) is 24.7. The average molecular weight is 340 g/mol. The van der Waals surface area contributed by atoms with Crippen molar-refractivity contribution in [2.45, 2.75) is 18.2 Å². The smallest absolute Gasteiger partial charge is 0.261 e. The molecule has 1 aromatic carbocycles. The normalized spacial score (nSPS) is 33.4. The predicted molar refractivity (Wildman–Crippen MR) is 94.1 cm³/mol. The second-order valence-electron chi connectivity index (χ2n) is 6.75. The van der Waals surface area contributed by atoms with Crippen molar-refractivity contribution in [3.63, 3.8) is 0 Å². The first kappa shape index (κ1) is 16.2. The number of fused-ring (bicyclic) bond motifs is 2. The molecule has 1 aromatic rings. The molecule has 3 N–H and O–H groups in total. The average Bonchev–Trinajstić information content (AvgIpc) is 2.95. The van der Waals surface area contributed by atoms with E-state index in [4.69, 9.17) is 9.73 Å². The van der Waals surface area contributed by atoms with E-state index in [1.165, 1.54) is 0 Å². The Hall–Kier alpha value is -2.25. The third-order valence-electron chi connectivity index (χ3n) is 4.93. The number of aliphatic imine (C=N–C) groups is 1. The molecule has 3 aliphatic rings. The molecule has 0 radical (unpaired) electrons. The number of aliphatic hydroxyl groups is 2. The zero-order valence-electron chi connectivity index (χ0n) is 14.3. The van der Waals surface area contributed by atoms with E-state index >= 15 is 0 Å². The lowest BCUT2D eigenvalue weighted by molar-refractivity contribution is -0.704. The molecular weight excluding hydrogens is 318 g/mol. The van der Waals surface area contributed by atoms with Gasteiger partial charge in [-0.15, -0.1) is 0 Å². The SMILES string of the molecule is COCC1=C[N+]2(C)C=CC3=C(N[C@H](c4ccccc4)[C@@H](O)[C@@H]3O)C2=N1. The first-order chi connectivity index (χ1) is 12.0. The maximum absolute atomic E-state index is 10.7. The van der Waals surface area contributed by atoms with E-state index in [9.17, 15) is 10.2 Å². The van der Waals surface area contributed by atoms with Crippen LogP contribution in [0.25, 0.3) is 0 Å². The number of amidine groups is 1. The van der Waals surface area contributed by atoms with Gasteiger partial charge in [0.1, 0.15) is 36.0 Å². The number of ether oxygens (including phenoxy) is 1. The summed E-state index contributed by atoms with van der Waals surface area (Å²) in [6.07, 6.45) is 3.94. The molecule has 0 bridgehead atoms. The molecule has 0 saturated heterocycles. The molecule has 130 valence electrons. The Kier molecular flexibility index (Phi) is 3.85. The van der Waals surface area contributed by atoms with Gasteiger partial charge in [0.15, 0.2) is 0 Å². The standard InChI is InChI=1S/C19H22N3O3/c1-22-9-8-14-16(19(22)20-13(10-22)11-25-2)21-15(18(24)17(14)23)12-6-4-3-5-7-12/h3-10,15,17-18,21,23-24H,11H2,1-2H3/q+1/t15-,17-,18-,22?/m1/s1. The molecule has 1 unspecified atom stereocenters. The maximum Gasteiger partial charge on any atom is 0.261 e. The Balaban J connectivity index is 1.75. The van der Waals surface area contributed by atoms with Gasteiger partial charge in [0.2, 0.25) is 0 Å². The summed E-state index contributed by atoms with van der Waals surface area (Å²) in [6, 6.07) is 9.26. The monoisotopic (exact) mass is 340 g/mol. The van der Waals surface area contributed by atoms with Gasteiger partial charge in [0.25, 0.3) is 5.84 Å². The molecule has 0 aliphatic carbocycles. The van der Waals surface area contributed by atoms with Crippen molar-refractivity contribution in [3.8, 4) is 0 Å². The largest absolute Gasteiger partial charge is 0.388 e. The number of likely N-dealkylation sites (N-methyl/N-ethyl adjacent to an activating group) is 1. The highest BCUT2D eigenvalue weighted by molar-refractivity contribution is 5.97. The van der Waals surface area contributed by atoms with Gasteiger partial charge in [-0.2, -0.15) is 4.99 Å². The van der Waals surface area contributed by atoms with Gasteiger partial charge in [-0.1, -0.05) is 30.3 Å². The Bertz CT molecular complexity index is 812. The molecule has 6 nitrogen and oxygen atoms in total. The van der Waals surface area contributed by atoms with Crippen LogP contribution in [-0.4, -0.2) is 53.5 Å². The van der Waals surface area contributed by atoms with Crippen molar-refractivity contribution >= 4 is 5.84 Å². The Morgan fingerprint density at radius 3 is 2.72 bits per heavy atom. The molecular formula is C19H22N3O3+. The number of hydrogen-bond donors (Lipinski definition) is 3. The van der Waals surface area contributed by atoms with Gasteiger partial charge in [-0.25, -0.2) is 4.48 Å². The van der Waals surface area contributed by atoms with Gasteiger partial charge in [-0.3, -0.25) is 0 Å².